The van der Waals surface area contributed by atoms with E-state index in [9.17, 15) is 10.2 Å². The molecule has 0 fully saturated rings. The van der Waals surface area contributed by atoms with Crippen molar-refractivity contribution in [3.63, 3.8) is 0 Å². The molecule has 0 atom stereocenters. The molecular weight excluding hydrogens is 409 g/mol. The minimum Gasteiger partial charge on any atom is -0.508 e. The zero-order valence-corrected chi connectivity index (χ0v) is 12.9. The van der Waals surface area contributed by atoms with Gasteiger partial charge in [0.2, 0.25) is 0 Å². The highest BCUT2D eigenvalue weighted by molar-refractivity contribution is 14.1. The second-order valence-electron chi connectivity index (χ2n) is 3.60. The number of aromatic hydroxyl groups is 2. The Bertz CT molecular complexity index is 614. The van der Waals surface area contributed by atoms with Crippen LogP contribution in [0.15, 0.2) is 45.9 Å². The molecule has 2 aromatic carbocycles. The Balaban J connectivity index is 2.34. The number of phenolic OH excluding ortho intramolecular Hbond substituents is 2. The highest BCUT2D eigenvalue weighted by atomic mass is 127. The van der Waals surface area contributed by atoms with E-state index in [0.717, 1.165) is 8.04 Å². The van der Waals surface area contributed by atoms with Gasteiger partial charge in [0.15, 0.2) is 0 Å². The number of aliphatic imine (C=N–C) groups is 1. The Labute approximate surface area is 126 Å². The van der Waals surface area contributed by atoms with Gasteiger partial charge in [-0.15, -0.1) is 0 Å². The first-order valence-corrected chi connectivity index (χ1v) is 6.94. The van der Waals surface area contributed by atoms with E-state index >= 15 is 0 Å². The molecule has 3 nitrogen and oxygen atoms in total. The molecular formula is C13H9BrINO2. The molecule has 18 heavy (non-hydrogen) atoms. The fraction of sp³-hybridized carbons (Fsp3) is 0. The van der Waals surface area contributed by atoms with Gasteiger partial charge in [-0.3, -0.25) is 4.99 Å². The average Bonchev–Trinajstić information content (AvgIpc) is 2.32. The maximum Gasteiger partial charge on any atom is 0.137 e. The summed E-state index contributed by atoms with van der Waals surface area (Å²) in [6, 6.07) is 10.2. The third kappa shape index (κ3) is 3.23. The van der Waals surface area contributed by atoms with Gasteiger partial charge >= 0.3 is 0 Å². The van der Waals surface area contributed by atoms with Crippen LogP contribution in [-0.2, 0) is 0 Å². The van der Waals surface area contributed by atoms with Crippen LogP contribution in [0.4, 0.5) is 5.69 Å². The van der Waals surface area contributed by atoms with Crippen molar-refractivity contribution in [2.24, 2.45) is 4.99 Å². The smallest absolute Gasteiger partial charge is 0.137 e. The first kappa shape index (κ1) is 13.4. The van der Waals surface area contributed by atoms with E-state index in [1.54, 1.807) is 36.5 Å². The van der Waals surface area contributed by atoms with Gasteiger partial charge in [-0.2, -0.15) is 0 Å². The zero-order chi connectivity index (χ0) is 13.1. The van der Waals surface area contributed by atoms with Crippen LogP contribution in [0.1, 0.15) is 5.56 Å². The summed E-state index contributed by atoms with van der Waals surface area (Å²) in [4.78, 5) is 4.21. The normalized spacial score (nSPS) is 11.0. The number of nitrogens with zero attached hydrogens (tertiary/aromatic N) is 1. The molecule has 0 unspecified atom stereocenters. The summed E-state index contributed by atoms with van der Waals surface area (Å²) in [6.07, 6.45) is 1.57. The fourth-order valence-electron chi connectivity index (χ4n) is 1.40. The molecule has 0 aliphatic heterocycles. The van der Waals surface area contributed by atoms with Gasteiger partial charge in [-0.1, -0.05) is 22.0 Å². The predicted molar refractivity (Wildman–Crippen MR) is 83.9 cm³/mol. The van der Waals surface area contributed by atoms with E-state index in [0.29, 0.717) is 11.3 Å². The van der Waals surface area contributed by atoms with Crippen molar-refractivity contribution < 1.29 is 10.2 Å². The topological polar surface area (TPSA) is 52.8 Å². The number of rotatable bonds is 2. The third-order valence-corrected chi connectivity index (χ3v) is 3.52. The van der Waals surface area contributed by atoms with Crippen LogP contribution in [0.5, 0.6) is 11.5 Å². The lowest BCUT2D eigenvalue weighted by Gasteiger charge is -2.02. The fourth-order valence-corrected chi connectivity index (χ4v) is 2.95. The van der Waals surface area contributed by atoms with Gasteiger partial charge in [0.25, 0.3) is 0 Å². The summed E-state index contributed by atoms with van der Waals surface area (Å²) in [5.41, 5.74) is 1.25. The molecule has 2 rings (SSSR count). The number of halogens is 2. The first-order valence-electron chi connectivity index (χ1n) is 5.07. The molecule has 2 N–H and O–H groups in total. The van der Waals surface area contributed by atoms with Gasteiger partial charge in [-0.05, 0) is 46.9 Å². The summed E-state index contributed by atoms with van der Waals surface area (Å²) in [5.74, 6) is 0.361. The Hall–Kier alpha value is -1.08. The molecule has 2 aromatic rings. The van der Waals surface area contributed by atoms with Crippen LogP contribution in [0.25, 0.3) is 0 Å². The summed E-state index contributed by atoms with van der Waals surface area (Å²) in [5, 5.41) is 19.2. The van der Waals surface area contributed by atoms with E-state index in [-0.39, 0.29) is 11.5 Å². The minimum absolute atomic E-state index is 0.165. The van der Waals surface area contributed by atoms with Crippen molar-refractivity contribution in [1.82, 2.24) is 0 Å². The summed E-state index contributed by atoms with van der Waals surface area (Å²) >= 11 is 5.42. The molecule has 0 bridgehead atoms. The second kappa shape index (κ2) is 5.71. The van der Waals surface area contributed by atoms with Crippen molar-refractivity contribution in [3.8, 4) is 11.5 Å². The third-order valence-electron chi connectivity index (χ3n) is 2.24. The first-order chi connectivity index (χ1) is 8.56. The van der Waals surface area contributed by atoms with E-state index < -0.39 is 0 Å². The number of hydrogen-bond acceptors (Lipinski definition) is 3. The van der Waals surface area contributed by atoms with Gasteiger partial charge in [0, 0.05) is 22.3 Å². The van der Waals surface area contributed by atoms with Gasteiger partial charge in [0.05, 0.1) is 9.26 Å². The SMILES string of the molecule is Oc1cccc(N=Cc2cc(Br)cc(I)c2O)c1. The largest absolute Gasteiger partial charge is 0.508 e. The van der Waals surface area contributed by atoms with Gasteiger partial charge in [0.1, 0.15) is 11.5 Å². The summed E-state index contributed by atoms with van der Waals surface area (Å²) in [7, 11) is 0. The maximum absolute atomic E-state index is 9.89. The Morgan fingerprint density at radius 3 is 2.67 bits per heavy atom. The quantitative estimate of drug-likeness (QED) is 0.567. The van der Waals surface area contributed by atoms with Crippen LogP contribution in [0.2, 0.25) is 0 Å². The molecule has 92 valence electrons. The molecule has 0 amide bonds. The van der Waals surface area contributed by atoms with E-state index in [1.165, 1.54) is 0 Å². The Morgan fingerprint density at radius 1 is 1.17 bits per heavy atom. The highest BCUT2D eigenvalue weighted by Crippen LogP contribution is 2.28. The van der Waals surface area contributed by atoms with Gasteiger partial charge in [-0.25, -0.2) is 0 Å². The molecule has 5 heteroatoms. The molecule has 0 heterocycles. The maximum atomic E-state index is 9.89. The van der Waals surface area contributed by atoms with Crippen molar-refractivity contribution in [2.75, 3.05) is 0 Å². The van der Waals surface area contributed by atoms with Crippen molar-refractivity contribution in [2.45, 2.75) is 0 Å². The van der Waals surface area contributed by atoms with Crippen LogP contribution < -0.4 is 0 Å². The average molecular weight is 418 g/mol. The van der Waals surface area contributed by atoms with Crippen LogP contribution in [-0.4, -0.2) is 16.4 Å². The number of phenols is 2. The molecule has 0 aliphatic rings. The molecule has 0 radical (unpaired) electrons. The molecule has 0 spiro atoms. The molecule has 0 saturated carbocycles. The van der Waals surface area contributed by atoms with Crippen LogP contribution in [0, 0.1) is 3.57 Å². The molecule has 0 aliphatic carbocycles. The van der Waals surface area contributed by atoms with Crippen LogP contribution >= 0.6 is 38.5 Å². The van der Waals surface area contributed by atoms with Crippen molar-refractivity contribution >= 4 is 50.4 Å². The highest BCUT2D eigenvalue weighted by Gasteiger charge is 2.05. The summed E-state index contributed by atoms with van der Waals surface area (Å²) < 4.78 is 1.63. The Kier molecular flexibility index (Phi) is 4.23. The minimum atomic E-state index is 0.165. The molecule has 0 aromatic heterocycles. The van der Waals surface area contributed by atoms with E-state index in [2.05, 4.69) is 43.5 Å². The number of hydrogen-bond donors (Lipinski definition) is 2. The van der Waals surface area contributed by atoms with Gasteiger partial charge < -0.3 is 10.2 Å². The lowest BCUT2D eigenvalue weighted by Crippen LogP contribution is -1.86. The van der Waals surface area contributed by atoms with Crippen molar-refractivity contribution in [1.29, 1.82) is 0 Å². The second-order valence-corrected chi connectivity index (χ2v) is 5.68. The zero-order valence-electron chi connectivity index (χ0n) is 9.14. The Morgan fingerprint density at radius 2 is 1.94 bits per heavy atom. The lowest BCUT2D eigenvalue weighted by molar-refractivity contribution is 0.470. The molecule has 0 saturated heterocycles. The van der Waals surface area contributed by atoms with E-state index in [4.69, 9.17) is 0 Å². The number of benzene rings is 2. The standard InChI is InChI=1S/C13H9BrINO2/c14-9-4-8(13(18)12(15)5-9)7-16-10-2-1-3-11(17)6-10/h1-7,17-18H. The van der Waals surface area contributed by atoms with E-state index in [1.807, 2.05) is 6.07 Å². The predicted octanol–water partition coefficient (Wildman–Crippen LogP) is 4.22. The van der Waals surface area contributed by atoms with Crippen LogP contribution in [0.3, 0.4) is 0 Å². The lowest BCUT2D eigenvalue weighted by atomic mass is 10.2. The van der Waals surface area contributed by atoms with Crippen molar-refractivity contribution in [3.05, 3.63) is 50.0 Å². The monoisotopic (exact) mass is 417 g/mol. The summed E-state index contributed by atoms with van der Waals surface area (Å²) in [6.45, 7) is 0.